The Morgan fingerprint density at radius 2 is 1.23 bits per heavy atom. The lowest BCUT2D eigenvalue weighted by Gasteiger charge is -2.13. The summed E-state index contributed by atoms with van der Waals surface area (Å²) in [4.78, 5) is 3.63. The molecule has 7 rings (SSSR count). The number of para-hydroxylation sites is 2. The topological polar surface area (TPSA) is 20.7 Å². The Kier molecular flexibility index (Phi) is 3.23. The van der Waals surface area contributed by atoms with Gasteiger partial charge in [-0.3, -0.25) is 0 Å². The van der Waals surface area contributed by atoms with Crippen LogP contribution in [0.2, 0.25) is 0 Å². The van der Waals surface area contributed by atoms with Gasteiger partial charge in [0.15, 0.2) is 0 Å². The highest BCUT2D eigenvalue weighted by Gasteiger charge is 2.16. The van der Waals surface area contributed by atoms with Gasteiger partial charge in [0, 0.05) is 38.0 Å². The molecule has 0 saturated heterocycles. The Labute approximate surface area is 179 Å². The van der Waals surface area contributed by atoms with Crippen LogP contribution in [0.5, 0.6) is 0 Å². The van der Waals surface area contributed by atoms with Crippen LogP contribution in [-0.4, -0.2) is 9.55 Å². The van der Waals surface area contributed by atoms with E-state index in [4.69, 9.17) is 0 Å². The fourth-order valence-electron chi connectivity index (χ4n) is 5.20. The molecule has 1 N–H and O–H groups in total. The molecule has 2 nitrogen and oxygen atoms in total. The summed E-state index contributed by atoms with van der Waals surface area (Å²) < 4.78 is 2.43. The molecule has 0 aliphatic heterocycles. The Hall–Kier alpha value is -4.04. The van der Waals surface area contributed by atoms with Crippen LogP contribution in [0, 0.1) is 6.92 Å². The maximum Gasteiger partial charge on any atom is 0.0562 e. The number of aromatic amines is 1. The summed E-state index contributed by atoms with van der Waals surface area (Å²) in [5, 5.41) is 7.71. The second-order valence-electron chi connectivity index (χ2n) is 8.39. The van der Waals surface area contributed by atoms with Crippen molar-refractivity contribution < 1.29 is 0 Å². The number of fused-ring (bicyclic) bond motifs is 7. The third-order valence-corrected chi connectivity index (χ3v) is 6.66. The highest BCUT2D eigenvalue weighted by molar-refractivity contribution is 6.18. The number of hydrogen-bond acceptors (Lipinski definition) is 0. The zero-order valence-electron chi connectivity index (χ0n) is 17.2. The van der Waals surface area contributed by atoms with E-state index in [0.717, 1.165) is 0 Å². The number of H-pyrrole nitrogens is 1. The molecule has 5 aromatic carbocycles. The maximum absolute atomic E-state index is 3.63. The lowest BCUT2D eigenvalue weighted by Crippen LogP contribution is -1.96. The molecule has 0 amide bonds. The van der Waals surface area contributed by atoms with E-state index >= 15 is 0 Å². The maximum atomic E-state index is 3.63. The van der Waals surface area contributed by atoms with Gasteiger partial charge in [0.2, 0.25) is 0 Å². The number of nitrogens with zero attached hydrogens (tertiary/aromatic N) is 1. The van der Waals surface area contributed by atoms with Gasteiger partial charge in [0.25, 0.3) is 0 Å². The standard InChI is InChI=1S/C29H20N2/c1-18-14-15-28(21-10-3-2-8-19(18)21)31-27-13-7-5-11-22(27)24-16-23-20-9-4-6-12-25(20)30-26(23)17-29(24)31/h2-17,30H,1H3. The molecule has 0 atom stereocenters. The number of nitrogens with one attached hydrogen (secondary N) is 1. The van der Waals surface area contributed by atoms with Crippen LogP contribution in [0.25, 0.3) is 60.1 Å². The van der Waals surface area contributed by atoms with Gasteiger partial charge in [-0.1, -0.05) is 66.7 Å². The molecule has 0 unspecified atom stereocenters. The molecule has 31 heavy (non-hydrogen) atoms. The van der Waals surface area contributed by atoms with Crippen LogP contribution in [0.15, 0.2) is 97.1 Å². The summed E-state index contributed by atoms with van der Waals surface area (Å²) in [5.74, 6) is 0. The lowest BCUT2D eigenvalue weighted by atomic mass is 10.0. The molecule has 2 aromatic heterocycles. The summed E-state index contributed by atoms with van der Waals surface area (Å²) in [6.07, 6.45) is 0. The largest absolute Gasteiger partial charge is 0.354 e. The molecule has 2 heterocycles. The van der Waals surface area contributed by atoms with Gasteiger partial charge in [0.1, 0.15) is 0 Å². The Balaban J connectivity index is 1.70. The first kappa shape index (κ1) is 16.7. The van der Waals surface area contributed by atoms with Crippen molar-refractivity contribution in [2.45, 2.75) is 6.92 Å². The molecule has 0 aliphatic carbocycles. The monoisotopic (exact) mass is 396 g/mol. The molecule has 0 fully saturated rings. The van der Waals surface area contributed by atoms with Crippen LogP contribution in [0.3, 0.4) is 0 Å². The lowest BCUT2D eigenvalue weighted by molar-refractivity contribution is 1.20. The van der Waals surface area contributed by atoms with Crippen molar-refractivity contribution in [3.63, 3.8) is 0 Å². The van der Waals surface area contributed by atoms with Gasteiger partial charge in [0.05, 0.1) is 16.7 Å². The zero-order chi connectivity index (χ0) is 20.5. The van der Waals surface area contributed by atoms with Crippen LogP contribution < -0.4 is 0 Å². The second kappa shape index (κ2) is 5.99. The van der Waals surface area contributed by atoms with Crippen LogP contribution in [0.4, 0.5) is 0 Å². The van der Waals surface area contributed by atoms with Crippen molar-refractivity contribution in [1.82, 2.24) is 9.55 Å². The fraction of sp³-hybridized carbons (Fsp3) is 0.0345. The first-order valence-corrected chi connectivity index (χ1v) is 10.7. The van der Waals surface area contributed by atoms with Crippen molar-refractivity contribution in [1.29, 1.82) is 0 Å². The molecular formula is C29H20N2. The fourth-order valence-corrected chi connectivity index (χ4v) is 5.20. The average Bonchev–Trinajstić information content (AvgIpc) is 3.33. The van der Waals surface area contributed by atoms with E-state index in [1.807, 2.05) is 0 Å². The van der Waals surface area contributed by atoms with Crippen molar-refractivity contribution in [3.05, 3.63) is 103 Å². The molecule has 2 heteroatoms. The molecule has 146 valence electrons. The molecule has 0 spiro atoms. The average molecular weight is 396 g/mol. The number of aryl methyl sites for hydroxylation is 1. The second-order valence-corrected chi connectivity index (χ2v) is 8.39. The predicted molar refractivity (Wildman–Crippen MR) is 132 cm³/mol. The molecular weight excluding hydrogens is 376 g/mol. The van der Waals surface area contributed by atoms with Gasteiger partial charge < -0.3 is 9.55 Å². The zero-order valence-corrected chi connectivity index (χ0v) is 17.2. The van der Waals surface area contributed by atoms with Crippen LogP contribution in [-0.2, 0) is 0 Å². The van der Waals surface area contributed by atoms with E-state index in [9.17, 15) is 0 Å². The third kappa shape index (κ3) is 2.22. The minimum absolute atomic E-state index is 1.18. The Bertz CT molecular complexity index is 1800. The number of aromatic nitrogens is 2. The van der Waals surface area contributed by atoms with E-state index in [0.29, 0.717) is 0 Å². The first-order chi connectivity index (χ1) is 15.3. The van der Waals surface area contributed by atoms with E-state index in [1.165, 1.54) is 65.6 Å². The van der Waals surface area contributed by atoms with Gasteiger partial charge >= 0.3 is 0 Å². The smallest absolute Gasteiger partial charge is 0.0562 e. The minimum Gasteiger partial charge on any atom is -0.354 e. The van der Waals surface area contributed by atoms with Gasteiger partial charge in [-0.2, -0.15) is 0 Å². The minimum atomic E-state index is 1.18. The molecule has 7 aromatic rings. The van der Waals surface area contributed by atoms with Crippen molar-refractivity contribution >= 4 is 54.4 Å². The van der Waals surface area contributed by atoms with Gasteiger partial charge in [-0.05, 0) is 48.2 Å². The highest BCUT2D eigenvalue weighted by atomic mass is 15.0. The van der Waals surface area contributed by atoms with E-state index in [2.05, 4.69) is 114 Å². The highest BCUT2D eigenvalue weighted by Crippen LogP contribution is 2.38. The van der Waals surface area contributed by atoms with Crippen LogP contribution in [0.1, 0.15) is 5.56 Å². The summed E-state index contributed by atoms with van der Waals surface area (Å²) in [7, 11) is 0. The Morgan fingerprint density at radius 3 is 2.10 bits per heavy atom. The van der Waals surface area contributed by atoms with Crippen molar-refractivity contribution in [2.75, 3.05) is 0 Å². The van der Waals surface area contributed by atoms with E-state index in [1.54, 1.807) is 0 Å². The molecule has 0 saturated carbocycles. The van der Waals surface area contributed by atoms with E-state index < -0.39 is 0 Å². The SMILES string of the molecule is Cc1ccc(-n2c3ccccc3c3cc4c(cc32)[nH]c2ccccc24)c2ccccc12. The summed E-state index contributed by atoms with van der Waals surface area (Å²) >= 11 is 0. The molecule has 0 radical (unpaired) electrons. The summed E-state index contributed by atoms with van der Waals surface area (Å²) in [6, 6.07) is 35.2. The van der Waals surface area contributed by atoms with Crippen molar-refractivity contribution in [3.8, 4) is 5.69 Å². The summed E-state index contributed by atoms with van der Waals surface area (Å²) in [6.45, 7) is 2.19. The predicted octanol–water partition coefficient (Wildman–Crippen LogP) is 7.88. The quantitative estimate of drug-likeness (QED) is 0.291. The molecule has 0 aliphatic rings. The third-order valence-electron chi connectivity index (χ3n) is 6.66. The van der Waals surface area contributed by atoms with Gasteiger partial charge in [-0.25, -0.2) is 0 Å². The molecule has 0 bridgehead atoms. The first-order valence-electron chi connectivity index (χ1n) is 10.7. The van der Waals surface area contributed by atoms with Crippen molar-refractivity contribution in [2.24, 2.45) is 0 Å². The normalized spacial score (nSPS) is 12.0. The summed E-state index contributed by atoms with van der Waals surface area (Å²) in [5.41, 5.74) is 7.36. The van der Waals surface area contributed by atoms with Gasteiger partial charge in [-0.15, -0.1) is 0 Å². The number of benzene rings is 5. The van der Waals surface area contributed by atoms with E-state index in [-0.39, 0.29) is 0 Å². The van der Waals surface area contributed by atoms with Crippen LogP contribution >= 0.6 is 0 Å². The Morgan fingerprint density at radius 1 is 0.516 bits per heavy atom. The number of hydrogen-bond donors (Lipinski definition) is 1. The number of rotatable bonds is 1.